The molecule has 0 atom stereocenters. The highest BCUT2D eigenvalue weighted by atomic mass is 32.2. The number of para-hydroxylation sites is 1. The summed E-state index contributed by atoms with van der Waals surface area (Å²) in [4.78, 5) is 53.5. The van der Waals surface area contributed by atoms with Crippen LogP contribution in [0.15, 0.2) is 69.9 Å². The summed E-state index contributed by atoms with van der Waals surface area (Å²) in [5.74, 6) is -2.05. The van der Waals surface area contributed by atoms with Gasteiger partial charge in [0.15, 0.2) is 5.16 Å². The molecule has 2 aromatic heterocycles. The standard InChI is InChI=1S/C24H19N3O6S2/c1-33-23(32)16-4-2-3-5-17(16)25-19(28)13-35-24-26-18-10-11-34-20(18)21(29)27(24)12-14-6-8-15(9-7-14)22(30)31/h2-11H,12-13H2,1H3,(H,25,28)(H,30,31). The Morgan fingerprint density at radius 3 is 2.57 bits per heavy atom. The number of esters is 1. The molecule has 0 radical (unpaired) electrons. The zero-order valence-electron chi connectivity index (χ0n) is 18.4. The van der Waals surface area contributed by atoms with Crippen LogP contribution in [0, 0.1) is 0 Å². The molecule has 11 heteroatoms. The van der Waals surface area contributed by atoms with Crippen molar-refractivity contribution < 1.29 is 24.2 Å². The summed E-state index contributed by atoms with van der Waals surface area (Å²) >= 11 is 2.37. The molecule has 0 fully saturated rings. The second-order valence-electron chi connectivity index (χ2n) is 7.30. The van der Waals surface area contributed by atoms with Crippen molar-refractivity contribution in [1.29, 1.82) is 0 Å². The maximum Gasteiger partial charge on any atom is 0.339 e. The third kappa shape index (κ3) is 5.42. The zero-order chi connectivity index (χ0) is 24.9. The first-order valence-corrected chi connectivity index (χ1v) is 12.1. The van der Waals surface area contributed by atoms with Crippen LogP contribution in [0.25, 0.3) is 10.2 Å². The van der Waals surface area contributed by atoms with E-state index in [1.165, 1.54) is 35.1 Å². The van der Waals surface area contributed by atoms with Gasteiger partial charge in [-0.25, -0.2) is 14.6 Å². The van der Waals surface area contributed by atoms with Gasteiger partial charge in [-0.2, -0.15) is 0 Å². The summed E-state index contributed by atoms with van der Waals surface area (Å²) in [5.41, 5.74) is 1.71. The number of amides is 1. The molecule has 4 rings (SSSR count). The highest BCUT2D eigenvalue weighted by Gasteiger charge is 2.17. The predicted molar refractivity (Wildman–Crippen MR) is 134 cm³/mol. The lowest BCUT2D eigenvalue weighted by Crippen LogP contribution is -2.24. The molecule has 0 bridgehead atoms. The number of fused-ring (bicyclic) bond motifs is 1. The number of rotatable bonds is 8. The van der Waals surface area contributed by atoms with Gasteiger partial charge in [0, 0.05) is 0 Å². The van der Waals surface area contributed by atoms with Crippen LogP contribution in [0.1, 0.15) is 26.3 Å². The molecule has 4 aromatic rings. The van der Waals surface area contributed by atoms with Crippen LogP contribution in [0.5, 0.6) is 0 Å². The van der Waals surface area contributed by atoms with Gasteiger partial charge in [-0.05, 0) is 41.3 Å². The number of carboxylic acids is 1. The molecule has 35 heavy (non-hydrogen) atoms. The van der Waals surface area contributed by atoms with Crippen molar-refractivity contribution in [3.05, 3.63) is 87.0 Å². The van der Waals surface area contributed by atoms with Crippen LogP contribution < -0.4 is 10.9 Å². The number of carboxylic acid groups (broad SMARTS) is 1. The van der Waals surface area contributed by atoms with E-state index in [1.54, 1.807) is 47.8 Å². The van der Waals surface area contributed by atoms with E-state index in [1.807, 2.05) is 0 Å². The number of thiophene rings is 1. The Bertz CT molecular complexity index is 1480. The Hall–Kier alpha value is -3.96. The fourth-order valence-corrected chi connectivity index (χ4v) is 4.88. The van der Waals surface area contributed by atoms with Gasteiger partial charge in [-0.1, -0.05) is 36.0 Å². The molecule has 9 nitrogen and oxygen atoms in total. The molecule has 0 aliphatic heterocycles. The van der Waals surface area contributed by atoms with Crippen LogP contribution in [-0.4, -0.2) is 45.4 Å². The fourth-order valence-electron chi connectivity index (χ4n) is 3.30. The van der Waals surface area contributed by atoms with Crippen LogP contribution in [0.3, 0.4) is 0 Å². The first kappa shape index (κ1) is 24.2. The number of nitrogens with zero attached hydrogens (tertiary/aromatic N) is 2. The molecule has 2 N–H and O–H groups in total. The van der Waals surface area contributed by atoms with Crippen molar-refractivity contribution in [3.8, 4) is 0 Å². The first-order chi connectivity index (χ1) is 16.9. The summed E-state index contributed by atoms with van der Waals surface area (Å²) in [6, 6.07) is 14.5. The van der Waals surface area contributed by atoms with E-state index in [2.05, 4.69) is 10.3 Å². The minimum Gasteiger partial charge on any atom is -0.478 e. The molecular weight excluding hydrogens is 490 g/mol. The minimum absolute atomic E-state index is 0.0600. The van der Waals surface area contributed by atoms with Crippen LogP contribution >= 0.6 is 23.1 Å². The zero-order valence-corrected chi connectivity index (χ0v) is 20.0. The summed E-state index contributed by atoms with van der Waals surface area (Å²) in [5, 5.41) is 13.9. The summed E-state index contributed by atoms with van der Waals surface area (Å²) < 4.78 is 6.71. The van der Waals surface area contributed by atoms with Crippen molar-refractivity contribution in [2.45, 2.75) is 11.7 Å². The molecule has 0 aliphatic rings. The topological polar surface area (TPSA) is 128 Å². The number of anilines is 1. The highest BCUT2D eigenvalue weighted by molar-refractivity contribution is 7.99. The van der Waals surface area contributed by atoms with Gasteiger partial charge in [-0.15, -0.1) is 11.3 Å². The van der Waals surface area contributed by atoms with Gasteiger partial charge < -0.3 is 15.2 Å². The lowest BCUT2D eigenvalue weighted by atomic mass is 10.1. The van der Waals surface area contributed by atoms with Gasteiger partial charge >= 0.3 is 11.9 Å². The summed E-state index contributed by atoms with van der Waals surface area (Å²) in [6.45, 7) is 0.161. The van der Waals surface area contributed by atoms with Crippen molar-refractivity contribution in [1.82, 2.24) is 9.55 Å². The van der Waals surface area contributed by atoms with Gasteiger partial charge in [-0.3, -0.25) is 14.2 Å². The van der Waals surface area contributed by atoms with E-state index < -0.39 is 11.9 Å². The first-order valence-electron chi connectivity index (χ1n) is 10.3. The van der Waals surface area contributed by atoms with E-state index in [9.17, 15) is 19.2 Å². The monoisotopic (exact) mass is 509 g/mol. The number of aromatic nitrogens is 2. The Morgan fingerprint density at radius 1 is 1.11 bits per heavy atom. The number of carbonyl (C=O) groups excluding carboxylic acids is 2. The molecule has 0 spiro atoms. The lowest BCUT2D eigenvalue weighted by molar-refractivity contribution is -0.113. The average Bonchev–Trinajstić information content (AvgIpc) is 3.34. The molecule has 2 heterocycles. The van der Waals surface area contributed by atoms with Crippen molar-refractivity contribution >= 4 is 56.8 Å². The number of hydrogen-bond acceptors (Lipinski definition) is 8. The second-order valence-corrected chi connectivity index (χ2v) is 9.16. The van der Waals surface area contributed by atoms with Crippen LogP contribution in [0.4, 0.5) is 5.69 Å². The number of thioether (sulfide) groups is 1. The van der Waals surface area contributed by atoms with Crippen LogP contribution in [-0.2, 0) is 16.1 Å². The van der Waals surface area contributed by atoms with E-state index in [4.69, 9.17) is 9.84 Å². The number of methoxy groups -OCH3 is 1. The Labute approximate surface area is 207 Å². The van der Waals surface area contributed by atoms with E-state index in [0.29, 0.717) is 26.6 Å². The van der Waals surface area contributed by atoms with Gasteiger partial charge in [0.1, 0.15) is 4.70 Å². The Balaban J connectivity index is 1.57. The number of benzene rings is 2. The van der Waals surface area contributed by atoms with Crippen molar-refractivity contribution in [2.75, 3.05) is 18.2 Å². The van der Waals surface area contributed by atoms with Crippen molar-refractivity contribution in [2.24, 2.45) is 0 Å². The Morgan fingerprint density at radius 2 is 1.86 bits per heavy atom. The van der Waals surface area contributed by atoms with Gasteiger partial charge in [0.25, 0.3) is 5.56 Å². The third-order valence-corrected chi connectivity index (χ3v) is 6.88. The smallest absolute Gasteiger partial charge is 0.339 e. The predicted octanol–water partition coefficient (Wildman–Crippen LogP) is 3.72. The number of carbonyl (C=O) groups is 3. The second kappa shape index (κ2) is 10.5. The Kier molecular flexibility index (Phi) is 7.28. The van der Waals surface area contributed by atoms with E-state index in [-0.39, 0.29) is 34.9 Å². The average molecular weight is 510 g/mol. The molecule has 0 saturated heterocycles. The number of ether oxygens (including phenoxy) is 1. The maximum atomic E-state index is 13.2. The normalized spacial score (nSPS) is 10.8. The summed E-state index contributed by atoms with van der Waals surface area (Å²) in [7, 11) is 1.26. The van der Waals surface area contributed by atoms with E-state index in [0.717, 1.165) is 11.8 Å². The van der Waals surface area contributed by atoms with Crippen LogP contribution in [0.2, 0.25) is 0 Å². The molecule has 2 aromatic carbocycles. The number of aromatic carboxylic acids is 1. The quantitative estimate of drug-likeness (QED) is 0.209. The summed E-state index contributed by atoms with van der Waals surface area (Å²) in [6.07, 6.45) is 0. The molecule has 0 saturated carbocycles. The lowest BCUT2D eigenvalue weighted by Gasteiger charge is -2.13. The molecular formula is C24H19N3O6S2. The van der Waals surface area contributed by atoms with Crippen molar-refractivity contribution in [3.63, 3.8) is 0 Å². The maximum absolute atomic E-state index is 13.2. The highest BCUT2D eigenvalue weighted by Crippen LogP contribution is 2.23. The fraction of sp³-hybridized carbons (Fsp3) is 0.125. The van der Waals surface area contributed by atoms with Gasteiger partial charge in [0.2, 0.25) is 5.91 Å². The molecule has 1 amide bonds. The minimum atomic E-state index is -1.04. The number of nitrogens with one attached hydrogen (secondary N) is 1. The van der Waals surface area contributed by atoms with E-state index >= 15 is 0 Å². The molecule has 0 unspecified atom stereocenters. The largest absolute Gasteiger partial charge is 0.478 e. The number of hydrogen-bond donors (Lipinski definition) is 2. The van der Waals surface area contributed by atoms with Gasteiger partial charge in [0.05, 0.1) is 41.7 Å². The molecule has 178 valence electrons. The molecule has 0 aliphatic carbocycles. The SMILES string of the molecule is COC(=O)c1ccccc1NC(=O)CSc1nc2ccsc2c(=O)n1Cc1ccc(C(=O)O)cc1. The third-order valence-electron chi connectivity index (χ3n) is 5.01.